The summed E-state index contributed by atoms with van der Waals surface area (Å²) in [5, 5.41) is 0. The summed E-state index contributed by atoms with van der Waals surface area (Å²) in [6.45, 7) is 2.20. The van der Waals surface area contributed by atoms with Crippen molar-refractivity contribution in [3.05, 3.63) is 48.0 Å². The van der Waals surface area contributed by atoms with Crippen LogP contribution in [-0.4, -0.2) is 6.10 Å². The summed E-state index contributed by atoms with van der Waals surface area (Å²) in [5.74, 6) is 3.51. The molecule has 2 atom stereocenters. The highest BCUT2D eigenvalue weighted by Gasteiger charge is 2.27. The van der Waals surface area contributed by atoms with Crippen LogP contribution in [0.2, 0.25) is 0 Å². The average Bonchev–Trinajstić information content (AvgIpc) is 2.55. The van der Waals surface area contributed by atoms with Gasteiger partial charge in [0.2, 0.25) is 0 Å². The summed E-state index contributed by atoms with van der Waals surface area (Å²) in [4.78, 5) is 0. The minimum absolute atomic E-state index is 0.248. The quantitative estimate of drug-likeness (QED) is 0.516. The minimum atomic E-state index is 0.248. The van der Waals surface area contributed by atoms with E-state index in [1.807, 2.05) is 6.08 Å². The maximum absolute atomic E-state index is 5.84. The van der Waals surface area contributed by atoms with Crippen LogP contribution in [0.4, 0.5) is 0 Å². The molecule has 1 aliphatic rings. The van der Waals surface area contributed by atoms with Gasteiger partial charge in [0.25, 0.3) is 0 Å². The molecular weight excluding hydrogens is 256 g/mol. The van der Waals surface area contributed by atoms with Crippen LogP contribution in [0, 0.1) is 12.0 Å². The summed E-state index contributed by atoms with van der Waals surface area (Å²) in [5.41, 5.74) is 1.39. The molecule has 1 nitrogen and oxygen atoms in total. The molecule has 0 spiro atoms. The lowest BCUT2D eigenvalue weighted by molar-refractivity contribution is 0.102. The van der Waals surface area contributed by atoms with Gasteiger partial charge in [0.15, 0.2) is 0 Å². The smallest absolute Gasteiger partial charge is 0.117 e. The molecule has 0 aliphatic heterocycles. The van der Waals surface area contributed by atoms with E-state index in [-0.39, 0.29) is 6.10 Å². The Labute approximate surface area is 129 Å². The van der Waals surface area contributed by atoms with Crippen molar-refractivity contribution in [3.63, 3.8) is 0 Å². The fourth-order valence-corrected chi connectivity index (χ4v) is 2.93. The molecule has 2 rings (SSSR count). The van der Waals surface area contributed by atoms with Crippen LogP contribution in [0.25, 0.3) is 0 Å². The van der Waals surface area contributed by atoms with Gasteiger partial charge >= 0.3 is 0 Å². The maximum Gasteiger partial charge on any atom is 0.117 e. The largest absolute Gasteiger partial charge is 0.442 e. The molecule has 0 heterocycles. The molecule has 0 N–H and O–H groups in total. The lowest BCUT2D eigenvalue weighted by atomic mass is 9.81. The molecule has 1 fully saturated rings. The standard InChI is InChI=1S/C20H26O/c1-2-3-4-5-6-12-17-21-20-16-11-10-15-19(20)18-13-8-7-9-14-18/h5-9,13-14,19-20H,2-4,10-11,15-16H2,1H3/b6-5+/t19-,20+/m0/s1. The molecule has 1 aromatic rings. The highest BCUT2D eigenvalue weighted by molar-refractivity contribution is 5.22. The van der Waals surface area contributed by atoms with Crippen LogP contribution < -0.4 is 0 Å². The van der Waals surface area contributed by atoms with Crippen molar-refractivity contribution >= 4 is 0 Å². The first-order valence-corrected chi connectivity index (χ1v) is 8.28. The molecule has 0 bridgehead atoms. The molecule has 21 heavy (non-hydrogen) atoms. The second kappa shape index (κ2) is 9.29. The number of allylic oxidation sites excluding steroid dienone is 2. The van der Waals surface area contributed by atoms with Gasteiger partial charge in [-0.2, -0.15) is 0 Å². The zero-order valence-electron chi connectivity index (χ0n) is 13.1. The highest BCUT2D eigenvalue weighted by Crippen LogP contribution is 2.34. The van der Waals surface area contributed by atoms with Crippen molar-refractivity contribution in [2.24, 2.45) is 0 Å². The van der Waals surface area contributed by atoms with E-state index in [0.29, 0.717) is 5.92 Å². The third-order valence-electron chi connectivity index (χ3n) is 4.13. The zero-order valence-corrected chi connectivity index (χ0v) is 13.1. The molecule has 1 aromatic carbocycles. The van der Waals surface area contributed by atoms with Crippen molar-refractivity contribution in [1.82, 2.24) is 0 Å². The Morgan fingerprint density at radius 3 is 2.81 bits per heavy atom. The van der Waals surface area contributed by atoms with Crippen molar-refractivity contribution in [2.75, 3.05) is 0 Å². The van der Waals surface area contributed by atoms with Crippen molar-refractivity contribution in [1.29, 1.82) is 0 Å². The topological polar surface area (TPSA) is 9.23 Å². The van der Waals surface area contributed by atoms with Gasteiger partial charge in [0.1, 0.15) is 12.2 Å². The highest BCUT2D eigenvalue weighted by atomic mass is 16.5. The van der Waals surface area contributed by atoms with E-state index in [4.69, 9.17) is 4.74 Å². The van der Waals surface area contributed by atoms with E-state index in [1.54, 1.807) is 0 Å². The van der Waals surface area contributed by atoms with Gasteiger partial charge in [-0.15, -0.1) is 0 Å². The van der Waals surface area contributed by atoms with E-state index < -0.39 is 0 Å². The Bertz CT molecular complexity index is 478. The van der Waals surface area contributed by atoms with Gasteiger partial charge in [-0.1, -0.05) is 62.6 Å². The van der Waals surface area contributed by atoms with Crippen molar-refractivity contribution in [3.8, 4) is 12.0 Å². The Kier molecular flexibility index (Phi) is 6.95. The maximum atomic E-state index is 5.84. The first-order valence-electron chi connectivity index (χ1n) is 8.28. The Hall–Kier alpha value is -1.68. The van der Waals surface area contributed by atoms with Gasteiger partial charge in [-0.3, -0.25) is 0 Å². The molecule has 1 aliphatic carbocycles. The summed E-state index contributed by atoms with van der Waals surface area (Å²) >= 11 is 0. The van der Waals surface area contributed by atoms with Crippen LogP contribution in [0.5, 0.6) is 0 Å². The fraction of sp³-hybridized carbons (Fsp3) is 0.500. The Morgan fingerprint density at radius 2 is 2.00 bits per heavy atom. The number of unbranched alkanes of at least 4 members (excludes halogenated alkanes) is 2. The zero-order chi connectivity index (χ0) is 14.8. The molecule has 112 valence electrons. The normalized spacial score (nSPS) is 21.8. The van der Waals surface area contributed by atoms with Gasteiger partial charge in [0, 0.05) is 5.92 Å². The number of benzene rings is 1. The summed E-state index contributed by atoms with van der Waals surface area (Å²) < 4.78 is 5.84. The average molecular weight is 282 g/mol. The SMILES string of the molecule is CCCC/C=C/C#CO[C@@H]1CCCC[C@H]1c1ccccc1. The van der Waals surface area contributed by atoms with Gasteiger partial charge in [-0.05, 0) is 43.2 Å². The molecule has 0 amide bonds. The van der Waals surface area contributed by atoms with E-state index in [2.05, 4.69) is 55.4 Å². The second-order valence-corrected chi connectivity index (χ2v) is 5.75. The first-order chi connectivity index (χ1) is 10.4. The van der Waals surface area contributed by atoms with E-state index >= 15 is 0 Å². The second-order valence-electron chi connectivity index (χ2n) is 5.75. The van der Waals surface area contributed by atoms with E-state index in [1.165, 1.54) is 37.7 Å². The predicted octanol–water partition coefficient (Wildman–Crippen LogP) is 5.44. The molecule has 0 saturated heterocycles. The van der Waals surface area contributed by atoms with Crippen LogP contribution in [0.1, 0.15) is 63.4 Å². The van der Waals surface area contributed by atoms with Gasteiger partial charge < -0.3 is 4.74 Å². The van der Waals surface area contributed by atoms with Gasteiger partial charge in [0.05, 0.1) is 0 Å². The lowest BCUT2D eigenvalue weighted by Gasteiger charge is -2.30. The van der Waals surface area contributed by atoms with Gasteiger partial charge in [-0.25, -0.2) is 0 Å². The van der Waals surface area contributed by atoms with Crippen LogP contribution in [0.3, 0.4) is 0 Å². The molecule has 0 unspecified atom stereocenters. The minimum Gasteiger partial charge on any atom is -0.442 e. The Balaban J connectivity index is 1.88. The summed E-state index contributed by atoms with van der Waals surface area (Å²) in [6, 6.07) is 10.7. The van der Waals surface area contributed by atoms with Crippen molar-refractivity contribution < 1.29 is 4.74 Å². The predicted molar refractivity (Wildman–Crippen MR) is 89.0 cm³/mol. The van der Waals surface area contributed by atoms with Crippen LogP contribution in [0.15, 0.2) is 42.5 Å². The molecule has 1 saturated carbocycles. The first kappa shape index (κ1) is 15.7. The van der Waals surface area contributed by atoms with Crippen molar-refractivity contribution in [2.45, 2.75) is 63.9 Å². The van der Waals surface area contributed by atoms with Crippen LogP contribution >= 0.6 is 0 Å². The third-order valence-corrected chi connectivity index (χ3v) is 4.13. The lowest BCUT2D eigenvalue weighted by Crippen LogP contribution is -2.24. The van der Waals surface area contributed by atoms with Crippen LogP contribution in [-0.2, 0) is 4.74 Å². The summed E-state index contributed by atoms with van der Waals surface area (Å²) in [7, 11) is 0. The van der Waals surface area contributed by atoms with E-state index in [9.17, 15) is 0 Å². The van der Waals surface area contributed by atoms with E-state index in [0.717, 1.165) is 12.8 Å². The number of rotatable bonds is 5. The molecule has 1 heteroatoms. The Morgan fingerprint density at radius 1 is 1.19 bits per heavy atom. The molecule has 0 radical (unpaired) electrons. The molecule has 0 aromatic heterocycles. The third kappa shape index (κ3) is 5.31. The molecular formula is C20H26O. The monoisotopic (exact) mass is 282 g/mol. The fourth-order valence-electron chi connectivity index (χ4n) is 2.93. The number of hydrogen-bond donors (Lipinski definition) is 0. The summed E-state index contributed by atoms with van der Waals surface area (Å²) in [6.07, 6.45) is 15.7. The number of ether oxygens (including phenoxy) is 1. The number of hydrogen-bond acceptors (Lipinski definition) is 1.